The van der Waals surface area contributed by atoms with E-state index in [-0.39, 0.29) is 16.8 Å². The number of hydrogen-bond donors (Lipinski definition) is 2. The fraction of sp³-hybridized carbons (Fsp3) is 0.583. The second-order valence-corrected chi connectivity index (χ2v) is 4.81. The molecule has 1 heterocycles. The van der Waals surface area contributed by atoms with Gasteiger partial charge in [-0.25, -0.2) is 4.98 Å². The van der Waals surface area contributed by atoms with Crippen molar-refractivity contribution in [1.29, 1.82) is 0 Å². The third kappa shape index (κ3) is 3.66. The van der Waals surface area contributed by atoms with Gasteiger partial charge in [0.2, 0.25) is 11.9 Å². The Morgan fingerprint density at radius 2 is 2.00 bits per heavy atom. The predicted molar refractivity (Wildman–Crippen MR) is 77.5 cm³/mol. The Hall–Kier alpha value is -1.63. The molecule has 104 valence electrons. The lowest BCUT2D eigenvalue weighted by Crippen LogP contribution is -2.46. The Labute approximate surface area is 118 Å². The van der Waals surface area contributed by atoms with Gasteiger partial charge in [0.05, 0.1) is 22.8 Å². The van der Waals surface area contributed by atoms with Crippen LogP contribution < -0.4 is 11.1 Å². The molecule has 0 radical (unpaired) electrons. The molecule has 0 bridgehead atoms. The van der Waals surface area contributed by atoms with Gasteiger partial charge in [0.1, 0.15) is 0 Å². The molecule has 1 rings (SSSR count). The van der Waals surface area contributed by atoms with E-state index in [0.29, 0.717) is 12.8 Å². The minimum atomic E-state index is -0.835. The molecule has 1 aromatic heterocycles. The van der Waals surface area contributed by atoms with Gasteiger partial charge in [0.25, 0.3) is 0 Å². The van der Waals surface area contributed by atoms with Crippen molar-refractivity contribution in [2.45, 2.75) is 39.5 Å². The van der Waals surface area contributed by atoms with E-state index in [1.54, 1.807) is 0 Å². The second-order valence-electron chi connectivity index (χ2n) is 4.37. The molecule has 0 atom stereocenters. The van der Waals surface area contributed by atoms with Crippen molar-refractivity contribution in [1.82, 2.24) is 15.2 Å². The van der Waals surface area contributed by atoms with Crippen LogP contribution >= 0.6 is 12.2 Å². The van der Waals surface area contributed by atoms with Crippen molar-refractivity contribution in [2.75, 3.05) is 5.32 Å². The van der Waals surface area contributed by atoms with Gasteiger partial charge in [0, 0.05) is 0 Å². The quantitative estimate of drug-likeness (QED) is 0.739. The zero-order valence-electron chi connectivity index (χ0n) is 11.2. The van der Waals surface area contributed by atoms with Crippen molar-refractivity contribution in [3.63, 3.8) is 0 Å². The lowest BCUT2D eigenvalue weighted by molar-refractivity contribution is -0.122. The molecular weight excluding hydrogens is 262 g/mol. The summed E-state index contributed by atoms with van der Waals surface area (Å²) in [4.78, 5) is 16.6. The maximum atomic E-state index is 12.5. The van der Waals surface area contributed by atoms with Crippen LogP contribution in [0.5, 0.6) is 0 Å². The first kappa shape index (κ1) is 15.4. The van der Waals surface area contributed by atoms with E-state index < -0.39 is 5.41 Å². The number of anilines is 1. The van der Waals surface area contributed by atoms with Crippen LogP contribution in [0.25, 0.3) is 0 Å². The number of nitrogens with zero attached hydrogens (tertiary/aromatic N) is 3. The van der Waals surface area contributed by atoms with Crippen LogP contribution in [-0.4, -0.2) is 26.1 Å². The Morgan fingerprint density at radius 1 is 1.37 bits per heavy atom. The van der Waals surface area contributed by atoms with Gasteiger partial charge >= 0.3 is 0 Å². The molecule has 3 N–H and O–H groups in total. The summed E-state index contributed by atoms with van der Waals surface area (Å²) in [6.45, 7) is 3.99. The van der Waals surface area contributed by atoms with Crippen LogP contribution in [-0.2, 0) is 4.79 Å². The molecule has 0 aromatic carbocycles. The van der Waals surface area contributed by atoms with Crippen LogP contribution in [0.15, 0.2) is 12.4 Å². The normalized spacial score (nSPS) is 11.1. The number of carbonyl (C=O) groups is 1. The zero-order chi connectivity index (χ0) is 14.3. The molecule has 0 unspecified atom stereocenters. The van der Waals surface area contributed by atoms with Crippen molar-refractivity contribution < 1.29 is 4.79 Å². The van der Waals surface area contributed by atoms with Gasteiger partial charge in [-0.05, 0) is 12.8 Å². The third-order valence-corrected chi connectivity index (χ3v) is 3.36. The summed E-state index contributed by atoms with van der Waals surface area (Å²) in [5.74, 6) is -0.0861. The van der Waals surface area contributed by atoms with Crippen LogP contribution in [0.1, 0.15) is 39.5 Å². The van der Waals surface area contributed by atoms with Gasteiger partial charge < -0.3 is 5.73 Å². The molecule has 0 spiro atoms. The molecule has 0 aliphatic carbocycles. The first-order valence-electron chi connectivity index (χ1n) is 6.32. The average molecular weight is 281 g/mol. The van der Waals surface area contributed by atoms with E-state index in [0.717, 1.165) is 12.8 Å². The molecule has 1 aromatic rings. The minimum absolute atomic E-state index is 0.167. The van der Waals surface area contributed by atoms with E-state index in [9.17, 15) is 4.79 Å². The van der Waals surface area contributed by atoms with E-state index in [4.69, 9.17) is 18.0 Å². The highest BCUT2D eigenvalue weighted by Gasteiger charge is 2.40. The Kier molecular flexibility index (Phi) is 5.75. The monoisotopic (exact) mass is 281 g/mol. The zero-order valence-corrected chi connectivity index (χ0v) is 12.0. The van der Waals surface area contributed by atoms with Crippen LogP contribution in [0, 0.1) is 5.41 Å². The lowest BCUT2D eigenvalue weighted by atomic mass is 9.78. The summed E-state index contributed by atoms with van der Waals surface area (Å²) in [7, 11) is 0. The number of nitrogens with two attached hydrogens (primary N) is 1. The second kappa shape index (κ2) is 7.08. The van der Waals surface area contributed by atoms with E-state index in [1.807, 2.05) is 13.8 Å². The van der Waals surface area contributed by atoms with Gasteiger partial charge in [-0.3, -0.25) is 10.1 Å². The molecule has 0 fully saturated rings. The molecule has 0 aliphatic heterocycles. The summed E-state index contributed by atoms with van der Waals surface area (Å²) in [6.07, 6.45) is 5.76. The summed E-state index contributed by atoms with van der Waals surface area (Å²) in [6, 6.07) is 0. The van der Waals surface area contributed by atoms with Crippen LogP contribution in [0.4, 0.5) is 5.95 Å². The SMILES string of the molecule is CCCC(CCC)(C(=O)Nc1nccnn1)C(N)=S. The average Bonchev–Trinajstić information content (AvgIpc) is 2.39. The molecule has 0 saturated heterocycles. The van der Waals surface area contributed by atoms with Crippen molar-refractivity contribution >= 4 is 29.1 Å². The maximum Gasteiger partial charge on any atom is 0.249 e. The van der Waals surface area contributed by atoms with Crippen molar-refractivity contribution in [3.8, 4) is 0 Å². The summed E-state index contributed by atoms with van der Waals surface area (Å²) < 4.78 is 0. The topological polar surface area (TPSA) is 93.8 Å². The number of thiocarbonyl (C=S) groups is 1. The first-order chi connectivity index (χ1) is 9.06. The largest absolute Gasteiger partial charge is 0.392 e. The maximum absolute atomic E-state index is 12.5. The number of carbonyl (C=O) groups excluding carboxylic acids is 1. The highest BCUT2D eigenvalue weighted by Crippen LogP contribution is 2.31. The standard InChI is InChI=1S/C12H19N5OS/c1-3-5-12(6-4-2,9(13)19)10(18)16-11-14-7-8-15-17-11/h7-8H,3-6H2,1-2H3,(H2,13,19)(H,14,16,17,18). The highest BCUT2D eigenvalue weighted by molar-refractivity contribution is 7.80. The summed E-state index contributed by atoms with van der Waals surface area (Å²) in [5, 5.41) is 10.0. The first-order valence-corrected chi connectivity index (χ1v) is 6.72. The van der Waals surface area contributed by atoms with Crippen molar-refractivity contribution in [3.05, 3.63) is 12.4 Å². The van der Waals surface area contributed by atoms with Crippen LogP contribution in [0.2, 0.25) is 0 Å². The number of nitrogens with one attached hydrogen (secondary N) is 1. The van der Waals surface area contributed by atoms with Crippen LogP contribution in [0.3, 0.4) is 0 Å². The Morgan fingerprint density at radius 3 is 2.42 bits per heavy atom. The van der Waals surface area contributed by atoms with Gasteiger partial charge in [-0.15, -0.1) is 5.10 Å². The Balaban J connectivity index is 2.96. The number of aromatic nitrogens is 3. The highest BCUT2D eigenvalue weighted by atomic mass is 32.1. The number of hydrogen-bond acceptors (Lipinski definition) is 5. The fourth-order valence-electron chi connectivity index (χ4n) is 2.09. The van der Waals surface area contributed by atoms with Gasteiger partial charge in [0.15, 0.2) is 0 Å². The van der Waals surface area contributed by atoms with E-state index in [2.05, 4.69) is 20.5 Å². The lowest BCUT2D eigenvalue weighted by Gasteiger charge is -2.30. The van der Waals surface area contributed by atoms with Gasteiger partial charge in [-0.2, -0.15) is 5.10 Å². The van der Waals surface area contributed by atoms with E-state index >= 15 is 0 Å². The Bertz CT molecular complexity index is 431. The van der Waals surface area contributed by atoms with Gasteiger partial charge in [-0.1, -0.05) is 38.9 Å². The molecule has 19 heavy (non-hydrogen) atoms. The predicted octanol–water partition coefficient (Wildman–Crippen LogP) is 1.68. The summed E-state index contributed by atoms with van der Waals surface area (Å²) >= 11 is 5.11. The third-order valence-electron chi connectivity index (χ3n) is 2.97. The molecular formula is C12H19N5OS. The van der Waals surface area contributed by atoms with Crippen molar-refractivity contribution in [2.24, 2.45) is 11.1 Å². The summed E-state index contributed by atoms with van der Waals surface area (Å²) in [5.41, 5.74) is 4.98. The minimum Gasteiger partial charge on any atom is -0.392 e. The molecule has 6 nitrogen and oxygen atoms in total. The van der Waals surface area contributed by atoms with E-state index in [1.165, 1.54) is 12.4 Å². The molecule has 0 aliphatic rings. The smallest absolute Gasteiger partial charge is 0.249 e. The number of amides is 1. The molecule has 0 saturated carbocycles. The molecule has 1 amide bonds. The molecule has 7 heteroatoms. The number of rotatable bonds is 7. The fourth-order valence-corrected chi connectivity index (χ4v) is 2.39.